The smallest absolute Gasteiger partial charge is 0.0371 e. The van der Waals surface area contributed by atoms with Gasteiger partial charge in [-0.2, -0.15) is 0 Å². The summed E-state index contributed by atoms with van der Waals surface area (Å²) in [6.07, 6.45) is 5.37. The van der Waals surface area contributed by atoms with Crippen LogP contribution in [0.4, 0.5) is 5.69 Å². The average Bonchev–Trinajstić information content (AvgIpc) is 2.34. The summed E-state index contributed by atoms with van der Waals surface area (Å²) in [5.74, 6) is 0.906. The van der Waals surface area contributed by atoms with Crippen LogP contribution in [0.5, 0.6) is 0 Å². The maximum atomic E-state index is 6.06. The van der Waals surface area contributed by atoms with E-state index in [4.69, 9.17) is 5.73 Å². The Hall–Kier alpha value is -0.540. The highest BCUT2D eigenvalue weighted by atomic mass is 79.9. The standard InChI is InChI=1S/C15H23BrN2/c1-11-6-8-12(9-7-11)18(2)10-13-14(16)4-3-5-15(13)17/h3-5,11-12H,6-10,17H2,1-2H3. The molecule has 1 aromatic rings. The number of nitrogens with two attached hydrogens (primary N) is 1. The molecule has 0 bridgehead atoms. The molecule has 1 aliphatic rings. The molecule has 2 N–H and O–H groups in total. The molecule has 0 saturated heterocycles. The van der Waals surface area contributed by atoms with Crippen molar-refractivity contribution >= 4 is 21.6 Å². The van der Waals surface area contributed by atoms with Crippen LogP contribution < -0.4 is 5.73 Å². The Bertz CT molecular complexity index is 377. The van der Waals surface area contributed by atoms with Crippen LogP contribution in [-0.4, -0.2) is 18.0 Å². The van der Waals surface area contributed by atoms with Crippen molar-refractivity contribution in [3.63, 3.8) is 0 Å². The van der Waals surface area contributed by atoms with Crippen molar-refractivity contribution < 1.29 is 0 Å². The van der Waals surface area contributed by atoms with Gasteiger partial charge in [-0.05, 0) is 50.8 Å². The maximum Gasteiger partial charge on any atom is 0.0371 e. The van der Waals surface area contributed by atoms with Gasteiger partial charge < -0.3 is 5.73 Å². The summed E-state index contributed by atoms with van der Waals surface area (Å²) in [5.41, 5.74) is 8.17. The summed E-state index contributed by atoms with van der Waals surface area (Å²) in [5, 5.41) is 0. The molecule has 0 unspecified atom stereocenters. The van der Waals surface area contributed by atoms with E-state index in [0.717, 1.165) is 22.6 Å². The first-order chi connectivity index (χ1) is 8.58. The fourth-order valence-electron chi connectivity index (χ4n) is 2.80. The van der Waals surface area contributed by atoms with Crippen LogP contribution in [0.15, 0.2) is 22.7 Å². The molecule has 100 valence electrons. The lowest BCUT2D eigenvalue weighted by atomic mass is 9.86. The molecule has 1 saturated carbocycles. The Morgan fingerprint density at radius 3 is 2.56 bits per heavy atom. The molecule has 0 atom stereocenters. The lowest BCUT2D eigenvalue weighted by molar-refractivity contribution is 0.164. The van der Waals surface area contributed by atoms with Gasteiger partial charge in [0.15, 0.2) is 0 Å². The minimum Gasteiger partial charge on any atom is -0.398 e. The van der Waals surface area contributed by atoms with Gasteiger partial charge >= 0.3 is 0 Å². The number of halogens is 1. The van der Waals surface area contributed by atoms with Gasteiger partial charge in [-0.3, -0.25) is 4.90 Å². The molecule has 0 spiro atoms. The molecular weight excluding hydrogens is 288 g/mol. The number of nitrogens with zero attached hydrogens (tertiary/aromatic N) is 1. The van der Waals surface area contributed by atoms with Crippen molar-refractivity contribution in [2.24, 2.45) is 5.92 Å². The molecular formula is C15H23BrN2. The highest BCUT2D eigenvalue weighted by Gasteiger charge is 2.22. The lowest BCUT2D eigenvalue weighted by Gasteiger charge is -2.34. The topological polar surface area (TPSA) is 29.3 Å². The molecule has 1 aromatic carbocycles. The molecule has 0 aromatic heterocycles. The Kier molecular flexibility index (Phi) is 4.68. The van der Waals surface area contributed by atoms with Gasteiger partial charge in [-0.1, -0.05) is 28.9 Å². The molecule has 3 heteroatoms. The number of hydrogen-bond acceptors (Lipinski definition) is 2. The fourth-order valence-corrected chi connectivity index (χ4v) is 3.31. The first-order valence-corrected chi connectivity index (χ1v) is 7.60. The molecule has 0 radical (unpaired) electrons. The second-order valence-corrected chi connectivity index (χ2v) is 6.49. The van der Waals surface area contributed by atoms with Gasteiger partial charge in [0.05, 0.1) is 0 Å². The van der Waals surface area contributed by atoms with Gasteiger partial charge in [0, 0.05) is 28.3 Å². The van der Waals surface area contributed by atoms with E-state index in [2.05, 4.69) is 40.9 Å². The third-order valence-corrected chi connectivity index (χ3v) is 4.91. The Morgan fingerprint density at radius 2 is 1.94 bits per heavy atom. The molecule has 1 aliphatic carbocycles. The van der Waals surface area contributed by atoms with Gasteiger partial charge in [0.25, 0.3) is 0 Å². The van der Waals surface area contributed by atoms with Gasteiger partial charge in [-0.15, -0.1) is 0 Å². The van der Waals surface area contributed by atoms with E-state index < -0.39 is 0 Å². The van der Waals surface area contributed by atoms with E-state index in [1.807, 2.05) is 12.1 Å². The van der Waals surface area contributed by atoms with E-state index in [-0.39, 0.29) is 0 Å². The van der Waals surface area contributed by atoms with Gasteiger partial charge in [-0.25, -0.2) is 0 Å². The fraction of sp³-hybridized carbons (Fsp3) is 0.600. The minimum absolute atomic E-state index is 0.715. The highest BCUT2D eigenvalue weighted by Crippen LogP contribution is 2.29. The van der Waals surface area contributed by atoms with Crippen LogP contribution in [0.2, 0.25) is 0 Å². The molecule has 2 rings (SSSR count). The van der Waals surface area contributed by atoms with Crippen LogP contribution in [0.3, 0.4) is 0 Å². The predicted octanol–water partition coefficient (Wildman–Crippen LogP) is 4.04. The summed E-state index contributed by atoms with van der Waals surface area (Å²) in [7, 11) is 2.22. The van der Waals surface area contributed by atoms with Gasteiger partial charge in [0.1, 0.15) is 0 Å². The molecule has 0 heterocycles. The molecule has 2 nitrogen and oxygen atoms in total. The van der Waals surface area contributed by atoms with Crippen LogP contribution in [0.1, 0.15) is 38.2 Å². The minimum atomic E-state index is 0.715. The van der Waals surface area contributed by atoms with Crippen molar-refractivity contribution in [2.75, 3.05) is 12.8 Å². The first kappa shape index (κ1) is 13.9. The summed E-state index contributed by atoms with van der Waals surface area (Å²) in [4.78, 5) is 2.46. The predicted molar refractivity (Wildman–Crippen MR) is 81.4 cm³/mol. The third kappa shape index (κ3) is 3.27. The molecule has 0 aliphatic heterocycles. The van der Waals surface area contributed by atoms with Crippen LogP contribution >= 0.6 is 15.9 Å². The quantitative estimate of drug-likeness (QED) is 0.854. The van der Waals surface area contributed by atoms with E-state index >= 15 is 0 Å². The Labute approximate surface area is 119 Å². The van der Waals surface area contributed by atoms with E-state index in [1.165, 1.54) is 31.2 Å². The summed E-state index contributed by atoms with van der Waals surface area (Å²) in [6, 6.07) is 6.76. The van der Waals surface area contributed by atoms with Crippen molar-refractivity contribution in [1.29, 1.82) is 0 Å². The maximum absolute atomic E-state index is 6.06. The second-order valence-electron chi connectivity index (χ2n) is 5.64. The van der Waals surface area contributed by atoms with Gasteiger partial charge in [0.2, 0.25) is 0 Å². The molecule has 1 fully saturated rings. The zero-order chi connectivity index (χ0) is 13.1. The van der Waals surface area contributed by atoms with Crippen LogP contribution in [0, 0.1) is 5.92 Å². The summed E-state index contributed by atoms with van der Waals surface area (Å²) >= 11 is 3.60. The number of anilines is 1. The first-order valence-electron chi connectivity index (χ1n) is 6.81. The average molecular weight is 311 g/mol. The van der Waals surface area contributed by atoms with Crippen molar-refractivity contribution in [3.05, 3.63) is 28.2 Å². The number of benzene rings is 1. The second kappa shape index (κ2) is 6.07. The SMILES string of the molecule is CC1CCC(N(C)Cc2c(N)cccc2Br)CC1. The van der Waals surface area contributed by atoms with Crippen LogP contribution in [-0.2, 0) is 6.54 Å². The summed E-state index contributed by atoms with van der Waals surface area (Å²) in [6.45, 7) is 3.30. The largest absolute Gasteiger partial charge is 0.398 e. The number of hydrogen-bond donors (Lipinski definition) is 1. The molecule has 0 amide bonds. The van der Waals surface area contributed by atoms with Crippen LogP contribution in [0.25, 0.3) is 0 Å². The van der Waals surface area contributed by atoms with E-state index in [0.29, 0.717) is 6.04 Å². The zero-order valence-electron chi connectivity index (χ0n) is 11.3. The normalized spacial score (nSPS) is 24.4. The van der Waals surface area contributed by atoms with Crippen molar-refractivity contribution in [1.82, 2.24) is 4.90 Å². The Balaban J connectivity index is 2.00. The zero-order valence-corrected chi connectivity index (χ0v) is 12.9. The molecule has 18 heavy (non-hydrogen) atoms. The monoisotopic (exact) mass is 310 g/mol. The number of nitrogen functional groups attached to an aromatic ring is 1. The highest BCUT2D eigenvalue weighted by molar-refractivity contribution is 9.10. The Morgan fingerprint density at radius 1 is 1.28 bits per heavy atom. The summed E-state index contributed by atoms with van der Waals surface area (Å²) < 4.78 is 1.12. The van der Waals surface area contributed by atoms with E-state index in [9.17, 15) is 0 Å². The van der Waals surface area contributed by atoms with E-state index in [1.54, 1.807) is 0 Å². The lowest BCUT2D eigenvalue weighted by Crippen LogP contribution is -2.34. The third-order valence-electron chi connectivity index (χ3n) is 4.17. The van der Waals surface area contributed by atoms with Crippen molar-refractivity contribution in [3.8, 4) is 0 Å². The van der Waals surface area contributed by atoms with Crippen molar-refractivity contribution in [2.45, 2.75) is 45.2 Å². The number of rotatable bonds is 3.